The molecule has 3 N–H and O–H groups in total. The number of nitrogens with two attached hydrogens (primary N) is 1. The van der Waals surface area contributed by atoms with Gasteiger partial charge in [-0.2, -0.15) is 0 Å². The van der Waals surface area contributed by atoms with Crippen molar-refractivity contribution in [3.8, 4) is 5.75 Å². The molecule has 1 aromatic rings. The van der Waals surface area contributed by atoms with Crippen molar-refractivity contribution in [2.45, 2.75) is 45.1 Å². The minimum absolute atomic E-state index is 0.434. The number of methoxy groups -OCH3 is 1. The standard InChI is InChI=1S/C16H26N2O/c1-3-13-10-15(8-9-16(13)19-2)18-11-12-4-6-14(17)7-5-12/h8-10,12,14,18H,3-7,11,17H2,1-2H3. The third-order valence-electron chi connectivity index (χ3n) is 4.15. The molecular weight excluding hydrogens is 236 g/mol. The lowest BCUT2D eigenvalue weighted by molar-refractivity contribution is 0.339. The number of rotatable bonds is 5. The van der Waals surface area contributed by atoms with E-state index >= 15 is 0 Å². The van der Waals surface area contributed by atoms with Gasteiger partial charge in [0.05, 0.1) is 7.11 Å². The number of aryl methyl sites for hydroxylation is 1. The van der Waals surface area contributed by atoms with E-state index in [-0.39, 0.29) is 0 Å². The maximum absolute atomic E-state index is 5.94. The molecule has 0 heterocycles. The molecule has 3 heteroatoms. The highest BCUT2D eigenvalue weighted by Gasteiger charge is 2.18. The van der Waals surface area contributed by atoms with Gasteiger partial charge in [-0.15, -0.1) is 0 Å². The first-order chi connectivity index (χ1) is 9.22. The lowest BCUT2D eigenvalue weighted by Gasteiger charge is -2.26. The predicted molar refractivity (Wildman–Crippen MR) is 80.8 cm³/mol. The number of anilines is 1. The summed E-state index contributed by atoms with van der Waals surface area (Å²) in [5, 5.41) is 3.56. The lowest BCUT2D eigenvalue weighted by Crippen LogP contribution is -2.29. The number of ether oxygens (including phenoxy) is 1. The third kappa shape index (κ3) is 3.87. The molecule has 1 aliphatic carbocycles. The molecule has 19 heavy (non-hydrogen) atoms. The van der Waals surface area contributed by atoms with E-state index in [9.17, 15) is 0 Å². The van der Waals surface area contributed by atoms with Crippen molar-refractivity contribution >= 4 is 5.69 Å². The van der Waals surface area contributed by atoms with E-state index < -0.39 is 0 Å². The Morgan fingerprint density at radius 3 is 2.63 bits per heavy atom. The summed E-state index contributed by atoms with van der Waals surface area (Å²) in [5.74, 6) is 1.75. The quantitative estimate of drug-likeness (QED) is 0.856. The molecule has 106 valence electrons. The molecule has 0 atom stereocenters. The van der Waals surface area contributed by atoms with Gasteiger partial charge < -0.3 is 15.8 Å². The van der Waals surface area contributed by atoms with Crippen LogP contribution in [-0.2, 0) is 6.42 Å². The van der Waals surface area contributed by atoms with Gasteiger partial charge in [-0.05, 0) is 61.8 Å². The molecule has 0 radical (unpaired) electrons. The Morgan fingerprint density at radius 1 is 1.26 bits per heavy atom. The first kappa shape index (κ1) is 14.2. The molecule has 0 spiro atoms. The van der Waals surface area contributed by atoms with Crippen LogP contribution < -0.4 is 15.8 Å². The maximum atomic E-state index is 5.94. The van der Waals surface area contributed by atoms with Gasteiger partial charge in [0.2, 0.25) is 0 Å². The fourth-order valence-electron chi connectivity index (χ4n) is 2.82. The fraction of sp³-hybridized carbons (Fsp3) is 0.625. The Hall–Kier alpha value is -1.22. The third-order valence-corrected chi connectivity index (χ3v) is 4.15. The highest BCUT2D eigenvalue weighted by molar-refractivity contribution is 5.51. The number of benzene rings is 1. The van der Waals surface area contributed by atoms with Crippen molar-refractivity contribution in [1.29, 1.82) is 0 Å². The minimum Gasteiger partial charge on any atom is -0.496 e. The first-order valence-corrected chi connectivity index (χ1v) is 7.39. The molecule has 3 nitrogen and oxygen atoms in total. The normalized spacial score (nSPS) is 23.1. The second-order valence-corrected chi connectivity index (χ2v) is 5.54. The molecule has 1 aliphatic rings. The van der Waals surface area contributed by atoms with E-state index in [1.807, 2.05) is 0 Å². The van der Waals surface area contributed by atoms with Gasteiger partial charge in [0.1, 0.15) is 5.75 Å². The Labute approximate surface area is 116 Å². The summed E-state index contributed by atoms with van der Waals surface area (Å²) in [6, 6.07) is 6.79. The summed E-state index contributed by atoms with van der Waals surface area (Å²) in [6.07, 6.45) is 5.86. The topological polar surface area (TPSA) is 47.3 Å². The van der Waals surface area contributed by atoms with E-state index in [1.54, 1.807) is 7.11 Å². The molecule has 0 saturated heterocycles. The molecule has 0 amide bonds. The van der Waals surface area contributed by atoms with E-state index in [0.29, 0.717) is 6.04 Å². The Kier molecular flexibility index (Phi) is 5.08. The lowest BCUT2D eigenvalue weighted by atomic mass is 9.86. The summed E-state index contributed by atoms with van der Waals surface area (Å²) in [5.41, 5.74) is 8.40. The van der Waals surface area contributed by atoms with Crippen LogP contribution in [0.4, 0.5) is 5.69 Å². The monoisotopic (exact) mass is 262 g/mol. The van der Waals surface area contributed by atoms with Crippen LogP contribution in [0.1, 0.15) is 38.2 Å². The summed E-state index contributed by atoms with van der Waals surface area (Å²) in [6.45, 7) is 3.21. The molecule has 0 bridgehead atoms. The van der Waals surface area contributed by atoms with Crippen molar-refractivity contribution in [2.24, 2.45) is 11.7 Å². The zero-order valence-corrected chi connectivity index (χ0v) is 12.1. The SMILES string of the molecule is CCc1cc(NCC2CCC(N)CC2)ccc1OC. The number of hydrogen-bond donors (Lipinski definition) is 2. The molecule has 1 saturated carbocycles. The molecular formula is C16H26N2O. The van der Waals surface area contributed by atoms with Crippen molar-refractivity contribution < 1.29 is 4.74 Å². The minimum atomic E-state index is 0.434. The molecule has 0 aliphatic heterocycles. The highest BCUT2D eigenvalue weighted by Crippen LogP contribution is 2.26. The van der Waals surface area contributed by atoms with Gasteiger partial charge in [-0.25, -0.2) is 0 Å². The number of hydrogen-bond acceptors (Lipinski definition) is 3. The van der Waals surface area contributed by atoms with E-state index in [0.717, 1.165) is 24.6 Å². The van der Waals surface area contributed by atoms with E-state index in [2.05, 4.69) is 30.4 Å². The second-order valence-electron chi connectivity index (χ2n) is 5.54. The summed E-state index contributed by atoms with van der Waals surface area (Å²) < 4.78 is 5.36. The van der Waals surface area contributed by atoms with Crippen LogP contribution in [0, 0.1) is 5.92 Å². The molecule has 2 rings (SSSR count). The first-order valence-electron chi connectivity index (χ1n) is 7.39. The maximum Gasteiger partial charge on any atom is 0.122 e. The van der Waals surface area contributed by atoms with Crippen molar-refractivity contribution in [3.05, 3.63) is 23.8 Å². The van der Waals surface area contributed by atoms with Crippen LogP contribution in [0.5, 0.6) is 5.75 Å². The molecule has 1 aromatic carbocycles. The van der Waals surface area contributed by atoms with Crippen LogP contribution in [-0.4, -0.2) is 19.7 Å². The average molecular weight is 262 g/mol. The van der Waals surface area contributed by atoms with Gasteiger partial charge in [0.15, 0.2) is 0 Å². The van der Waals surface area contributed by atoms with Crippen LogP contribution in [0.2, 0.25) is 0 Å². The fourth-order valence-corrected chi connectivity index (χ4v) is 2.82. The summed E-state index contributed by atoms with van der Waals surface area (Å²) in [7, 11) is 1.73. The van der Waals surface area contributed by atoms with E-state index in [4.69, 9.17) is 10.5 Å². The van der Waals surface area contributed by atoms with Crippen LogP contribution in [0.15, 0.2) is 18.2 Å². The Balaban J connectivity index is 1.89. The van der Waals surface area contributed by atoms with Crippen molar-refractivity contribution in [1.82, 2.24) is 0 Å². The largest absolute Gasteiger partial charge is 0.496 e. The van der Waals surface area contributed by atoms with Crippen LogP contribution >= 0.6 is 0 Å². The Morgan fingerprint density at radius 2 is 2.00 bits per heavy atom. The predicted octanol–water partition coefficient (Wildman–Crippen LogP) is 3.19. The van der Waals surface area contributed by atoms with Gasteiger partial charge in [0, 0.05) is 18.3 Å². The zero-order chi connectivity index (χ0) is 13.7. The second kappa shape index (κ2) is 6.80. The molecule has 1 fully saturated rings. The van der Waals surface area contributed by atoms with Crippen LogP contribution in [0.25, 0.3) is 0 Å². The highest BCUT2D eigenvalue weighted by atomic mass is 16.5. The van der Waals surface area contributed by atoms with Crippen LogP contribution in [0.3, 0.4) is 0 Å². The van der Waals surface area contributed by atoms with Gasteiger partial charge in [0.25, 0.3) is 0 Å². The summed E-state index contributed by atoms with van der Waals surface area (Å²) >= 11 is 0. The average Bonchev–Trinajstić information content (AvgIpc) is 2.46. The molecule has 0 unspecified atom stereocenters. The smallest absolute Gasteiger partial charge is 0.122 e. The summed E-state index contributed by atoms with van der Waals surface area (Å²) in [4.78, 5) is 0. The zero-order valence-electron chi connectivity index (χ0n) is 12.1. The van der Waals surface area contributed by atoms with Gasteiger partial charge in [-0.3, -0.25) is 0 Å². The molecule has 0 aromatic heterocycles. The van der Waals surface area contributed by atoms with Crippen molar-refractivity contribution in [3.63, 3.8) is 0 Å². The van der Waals surface area contributed by atoms with Crippen molar-refractivity contribution in [2.75, 3.05) is 19.0 Å². The van der Waals surface area contributed by atoms with E-state index in [1.165, 1.54) is 36.9 Å². The van der Waals surface area contributed by atoms with Gasteiger partial charge >= 0.3 is 0 Å². The number of nitrogens with one attached hydrogen (secondary N) is 1. The van der Waals surface area contributed by atoms with Gasteiger partial charge in [-0.1, -0.05) is 6.92 Å². The Bertz CT molecular complexity index is 398.